The van der Waals surface area contributed by atoms with Gasteiger partial charge in [0, 0.05) is 39.2 Å². The third-order valence-corrected chi connectivity index (χ3v) is 18.7. The van der Waals surface area contributed by atoms with Gasteiger partial charge in [-0.15, -0.1) is 0 Å². The van der Waals surface area contributed by atoms with Crippen LogP contribution in [0.5, 0.6) is 0 Å². The lowest BCUT2D eigenvalue weighted by Crippen LogP contribution is -2.16. The van der Waals surface area contributed by atoms with Crippen molar-refractivity contribution in [1.82, 2.24) is 0 Å². The van der Waals surface area contributed by atoms with Gasteiger partial charge in [0.2, 0.25) is 0 Å². The monoisotopic (exact) mass is 976 g/mol. The first-order valence-electron chi connectivity index (χ1n) is 18.1. The van der Waals surface area contributed by atoms with Crippen molar-refractivity contribution in [2.75, 3.05) is 0 Å². The normalized spacial score (nSPS) is 14.9. The van der Waals surface area contributed by atoms with Crippen molar-refractivity contribution in [3.05, 3.63) is 70.8 Å². The summed E-state index contributed by atoms with van der Waals surface area (Å²) in [5.41, 5.74) is -0.900. The Labute approximate surface area is 370 Å². The fourth-order valence-corrected chi connectivity index (χ4v) is 16.5. The maximum absolute atomic E-state index is 13.6. The van der Waals surface area contributed by atoms with E-state index in [1.54, 1.807) is 0 Å². The summed E-state index contributed by atoms with van der Waals surface area (Å²) in [4.78, 5) is -4.25. The van der Waals surface area contributed by atoms with Gasteiger partial charge in [-0.2, -0.15) is 33.7 Å². The summed E-state index contributed by atoms with van der Waals surface area (Å²) < 4.78 is 153. The second-order valence-electron chi connectivity index (χ2n) is 18.5. The molecule has 0 unspecified atom stereocenters. The molecule has 4 N–H and O–H groups in total. The van der Waals surface area contributed by atoms with Crippen LogP contribution in [0.15, 0.2) is 107 Å². The van der Waals surface area contributed by atoms with Gasteiger partial charge in [-0.3, -0.25) is 18.2 Å². The van der Waals surface area contributed by atoms with Crippen LogP contribution in [-0.4, -0.2) is 51.9 Å². The summed E-state index contributed by atoms with van der Waals surface area (Å²) >= 11 is 2.44. The maximum atomic E-state index is 13.6. The summed E-state index contributed by atoms with van der Waals surface area (Å²) in [6, 6.07) is 11.6. The number of hydrogen-bond acceptors (Lipinski definition) is 12. The molecule has 0 fully saturated rings. The van der Waals surface area contributed by atoms with Crippen LogP contribution >= 0.6 is 47.0 Å². The molecule has 0 saturated carbocycles. The van der Waals surface area contributed by atoms with Crippen molar-refractivity contribution in [3.63, 3.8) is 0 Å². The molecule has 5 rings (SSSR count). The van der Waals surface area contributed by atoms with Crippen LogP contribution in [0.4, 0.5) is 0 Å². The Hall–Kier alpha value is -2.08. The highest BCUT2D eigenvalue weighted by Gasteiger charge is 2.36. The van der Waals surface area contributed by atoms with Crippen molar-refractivity contribution < 1.29 is 51.9 Å². The van der Waals surface area contributed by atoms with Crippen LogP contribution < -0.4 is 0 Å². The zero-order chi connectivity index (χ0) is 45.7. The average Bonchev–Trinajstić information content (AvgIpc) is 2.99. The molecule has 4 aromatic rings. The van der Waals surface area contributed by atoms with E-state index in [2.05, 4.69) is 0 Å². The second kappa shape index (κ2) is 15.9. The van der Waals surface area contributed by atoms with Crippen molar-refractivity contribution in [2.24, 2.45) is 0 Å². The average molecular weight is 977 g/mol. The topological polar surface area (TPSA) is 217 Å². The molecule has 1 heterocycles. The highest BCUT2D eigenvalue weighted by Crippen LogP contribution is 2.53. The van der Waals surface area contributed by atoms with Crippen molar-refractivity contribution >= 4 is 87.5 Å². The van der Waals surface area contributed by atoms with E-state index in [4.69, 9.17) is 0 Å². The lowest BCUT2D eigenvalue weighted by Gasteiger charge is -2.27. The fourth-order valence-electron chi connectivity index (χ4n) is 6.14. The predicted octanol–water partition coefficient (Wildman–Crippen LogP) is 10.8. The lowest BCUT2D eigenvalue weighted by atomic mass is 9.87. The molecule has 12 nitrogen and oxygen atoms in total. The number of fused-ring (bicyclic) bond motifs is 8. The number of rotatable bonds is 4. The second-order valence-corrected chi connectivity index (χ2v) is 28.3. The van der Waals surface area contributed by atoms with E-state index >= 15 is 0 Å². The highest BCUT2D eigenvalue weighted by atomic mass is 32.2. The molecule has 0 aliphatic carbocycles. The summed E-state index contributed by atoms with van der Waals surface area (Å²) in [7, 11) is -20.9. The van der Waals surface area contributed by atoms with Gasteiger partial charge in [0.15, 0.2) is 0 Å². The molecule has 0 saturated heterocycles. The molecule has 0 spiro atoms. The van der Waals surface area contributed by atoms with Gasteiger partial charge in [-0.25, -0.2) is 0 Å². The van der Waals surface area contributed by atoms with Gasteiger partial charge in [-0.05, 0) is 92.4 Å². The summed E-state index contributed by atoms with van der Waals surface area (Å²) in [5, 5.41) is 0. The van der Waals surface area contributed by atoms with E-state index in [1.807, 2.05) is 83.1 Å². The molecular formula is C40H48O12S8. The Morgan fingerprint density at radius 1 is 0.300 bits per heavy atom. The molecule has 20 heteroatoms. The Balaban J connectivity index is 2.17. The molecule has 8 bridgehead atoms. The zero-order valence-corrected chi connectivity index (χ0v) is 41.5. The van der Waals surface area contributed by atoms with Crippen LogP contribution in [0.25, 0.3) is 0 Å². The molecular weight excluding hydrogens is 929 g/mol. The SMILES string of the molecule is CC(C)(C)c1cc2c(S(=O)(=O)O)c(c1)Sc1cc(C(C)(C)C)cc(c1S(=O)(=O)O)Sc1cc(C(C)(C)C)cc(c1S(=O)(=O)O)Sc1cc(C(C)(C)C)cc(c1S(=O)(=O)O)S2. The van der Waals surface area contributed by atoms with Gasteiger partial charge in [0.05, 0.1) is 0 Å². The number of benzene rings is 4. The van der Waals surface area contributed by atoms with Crippen molar-refractivity contribution in [3.8, 4) is 0 Å². The van der Waals surface area contributed by atoms with Gasteiger partial charge in [0.25, 0.3) is 40.5 Å². The van der Waals surface area contributed by atoms with E-state index in [0.29, 0.717) is 69.3 Å². The zero-order valence-electron chi connectivity index (χ0n) is 34.9. The smallest absolute Gasteiger partial charge is 0.282 e. The molecule has 0 amide bonds. The van der Waals surface area contributed by atoms with E-state index in [1.165, 1.54) is 48.5 Å². The molecule has 328 valence electrons. The fraction of sp³-hybridized carbons (Fsp3) is 0.400. The summed E-state index contributed by atoms with van der Waals surface area (Å²) in [6.45, 7) is 21.9. The lowest BCUT2D eigenvalue weighted by molar-refractivity contribution is 0.475. The third kappa shape index (κ3) is 10.6. The Morgan fingerprint density at radius 3 is 0.500 bits per heavy atom. The third-order valence-electron chi connectivity index (χ3n) is 9.46. The molecule has 1 aliphatic rings. The van der Waals surface area contributed by atoms with Gasteiger partial charge in [0.1, 0.15) is 19.6 Å². The predicted molar refractivity (Wildman–Crippen MR) is 236 cm³/mol. The first kappa shape index (κ1) is 48.9. The maximum Gasteiger partial charge on any atom is 0.296 e. The van der Waals surface area contributed by atoms with Crippen molar-refractivity contribution in [1.29, 1.82) is 0 Å². The van der Waals surface area contributed by atoms with Gasteiger partial charge in [-0.1, -0.05) is 130 Å². The summed E-state index contributed by atoms with van der Waals surface area (Å²) in [6.07, 6.45) is 0. The standard InChI is InChI=1S/C40H48O12S8/c1-37(2,3)21-13-25-33(57(41,42)43)26(14-21)54-28-16-23(39(7,8)9)18-30(35(28)59(47,48)49)56-32-20-24(40(10,11)12)19-31(36(32)60(50,51)52)55-29-17-22(38(4,5)6)15-27(53-25)34(29)58(44,45)46/h13-20H,1-12H3,(H,41,42,43)(H,44,45,46)(H,47,48,49)(H,50,51,52). The molecule has 0 radical (unpaired) electrons. The van der Waals surface area contributed by atoms with Crippen LogP contribution in [0, 0.1) is 0 Å². The first-order valence-corrected chi connectivity index (χ1v) is 27.2. The Kier molecular flexibility index (Phi) is 12.9. The van der Waals surface area contributed by atoms with E-state index in [9.17, 15) is 51.9 Å². The quantitative estimate of drug-likeness (QED) is 0.123. The molecule has 0 atom stereocenters. The van der Waals surface area contributed by atoms with Gasteiger partial charge >= 0.3 is 0 Å². The first-order chi connectivity index (χ1) is 26.8. The number of hydrogen-bond donors (Lipinski definition) is 4. The van der Waals surface area contributed by atoms with Crippen molar-refractivity contribution in [2.45, 2.75) is 163 Å². The van der Waals surface area contributed by atoms with Gasteiger partial charge < -0.3 is 0 Å². The van der Waals surface area contributed by atoms with Crippen LogP contribution in [0.2, 0.25) is 0 Å². The van der Waals surface area contributed by atoms with Crippen LogP contribution in [0.1, 0.15) is 105 Å². The van der Waals surface area contributed by atoms with E-state index in [0.717, 1.165) is 0 Å². The van der Waals surface area contributed by atoms with Crippen LogP contribution in [-0.2, 0) is 62.1 Å². The molecule has 60 heavy (non-hydrogen) atoms. The largest absolute Gasteiger partial charge is 0.296 e. The molecule has 1 aliphatic heterocycles. The minimum atomic E-state index is -5.22. The summed E-state index contributed by atoms with van der Waals surface area (Å²) in [5.74, 6) is 0. The van der Waals surface area contributed by atoms with Crippen LogP contribution in [0.3, 0.4) is 0 Å². The Bertz CT molecular complexity index is 2400. The molecule has 4 aromatic carbocycles. The molecule has 0 aromatic heterocycles. The minimum absolute atomic E-state index is 0.183. The highest BCUT2D eigenvalue weighted by molar-refractivity contribution is 8.03. The van der Waals surface area contributed by atoms with E-state index in [-0.39, 0.29) is 39.2 Å². The van der Waals surface area contributed by atoms with E-state index < -0.39 is 81.7 Å². The minimum Gasteiger partial charge on any atom is -0.282 e. The Morgan fingerprint density at radius 2 is 0.417 bits per heavy atom.